The predicted molar refractivity (Wildman–Crippen MR) is 77.7 cm³/mol. The summed E-state index contributed by atoms with van der Waals surface area (Å²) in [5.41, 5.74) is 7.71. The SMILES string of the molecule is CCOc1cc(CN)ccc1OCc1cncn1CC. The highest BCUT2D eigenvalue weighted by Gasteiger charge is 2.08. The van der Waals surface area contributed by atoms with Gasteiger partial charge in [-0.2, -0.15) is 0 Å². The van der Waals surface area contributed by atoms with Crippen molar-refractivity contribution < 1.29 is 9.47 Å². The number of aromatic nitrogens is 2. The van der Waals surface area contributed by atoms with Crippen LogP contribution in [0.4, 0.5) is 0 Å². The summed E-state index contributed by atoms with van der Waals surface area (Å²) in [7, 11) is 0. The third-order valence-corrected chi connectivity index (χ3v) is 3.06. The van der Waals surface area contributed by atoms with Gasteiger partial charge in [-0.15, -0.1) is 0 Å². The molecule has 20 heavy (non-hydrogen) atoms. The fourth-order valence-electron chi connectivity index (χ4n) is 1.97. The van der Waals surface area contributed by atoms with Crippen molar-refractivity contribution in [2.75, 3.05) is 6.61 Å². The maximum atomic E-state index is 5.85. The fourth-order valence-corrected chi connectivity index (χ4v) is 1.97. The first-order valence-electron chi connectivity index (χ1n) is 6.86. The van der Waals surface area contributed by atoms with Crippen molar-refractivity contribution >= 4 is 0 Å². The molecule has 5 heteroatoms. The maximum Gasteiger partial charge on any atom is 0.161 e. The minimum atomic E-state index is 0.468. The minimum absolute atomic E-state index is 0.468. The number of rotatable bonds is 7. The Kier molecular flexibility index (Phi) is 5.01. The summed E-state index contributed by atoms with van der Waals surface area (Å²) in [4.78, 5) is 4.13. The molecule has 0 spiro atoms. The van der Waals surface area contributed by atoms with E-state index in [1.807, 2.05) is 31.3 Å². The Morgan fingerprint density at radius 1 is 1.20 bits per heavy atom. The highest BCUT2D eigenvalue weighted by Crippen LogP contribution is 2.29. The molecule has 0 aliphatic carbocycles. The van der Waals surface area contributed by atoms with E-state index in [1.165, 1.54) is 0 Å². The summed E-state index contributed by atoms with van der Waals surface area (Å²) in [5, 5.41) is 0. The molecule has 1 aromatic carbocycles. The van der Waals surface area contributed by atoms with Gasteiger partial charge in [-0.1, -0.05) is 6.07 Å². The third kappa shape index (κ3) is 3.30. The molecule has 1 heterocycles. The van der Waals surface area contributed by atoms with Gasteiger partial charge in [-0.3, -0.25) is 0 Å². The van der Waals surface area contributed by atoms with E-state index in [0.29, 0.717) is 19.8 Å². The lowest BCUT2D eigenvalue weighted by molar-refractivity contribution is 0.263. The molecule has 0 amide bonds. The average Bonchev–Trinajstić information content (AvgIpc) is 2.93. The summed E-state index contributed by atoms with van der Waals surface area (Å²) >= 11 is 0. The van der Waals surface area contributed by atoms with E-state index in [0.717, 1.165) is 29.3 Å². The van der Waals surface area contributed by atoms with E-state index < -0.39 is 0 Å². The van der Waals surface area contributed by atoms with Crippen molar-refractivity contribution in [2.45, 2.75) is 33.5 Å². The van der Waals surface area contributed by atoms with Gasteiger partial charge < -0.3 is 19.8 Å². The molecule has 0 aliphatic rings. The summed E-state index contributed by atoms with van der Waals surface area (Å²) in [6, 6.07) is 5.78. The van der Waals surface area contributed by atoms with Crippen LogP contribution in [0.25, 0.3) is 0 Å². The number of ether oxygens (including phenoxy) is 2. The van der Waals surface area contributed by atoms with Crippen LogP contribution < -0.4 is 15.2 Å². The van der Waals surface area contributed by atoms with Crippen molar-refractivity contribution in [2.24, 2.45) is 5.73 Å². The van der Waals surface area contributed by atoms with Crippen LogP contribution in [0, 0.1) is 0 Å². The van der Waals surface area contributed by atoms with E-state index in [9.17, 15) is 0 Å². The molecular weight excluding hydrogens is 254 g/mol. The van der Waals surface area contributed by atoms with Gasteiger partial charge >= 0.3 is 0 Å². The number of hydrogen-bond acceptors (Lipinski definition) is 4. The average molecular weight is 275 g/mol. The second kappa shape index (κ2) is 6.96. The smallest absolute Gasteiger partial charge is 0.161 e. The van der Waals surface area contributed by atoms with E-state index in [-0.39, 0.29) is 0 Å². The quantitative estimate of drug-likeness (QED) is 0.842. The molecule has 2 aromatic rings. The van der Waals surface area contributed by atoms with E-state index in [2.05, 4.69) is 16.5 Å². The van der Waals surface area contributed by atoms with Gasteiger partial charge in [0.1, 0.15) is 6.61 Å². The predicted octanol–water partition coefficient (Wildman–Crippen LogP) is 2.34. The van der Waals surface area contributed by atoms with E-state index in [1.54, 1.807) is 6.33 Å². The van der Waals surface area contributed by atoms with Crippen molar-refractivity contribution in [1.29, 1.82) is 0 Å². The lowest BCUT2D eigenvalue weighted by Gasteiger charge is -2.13. The second-order valence-electron chi connectivity index (χ2n) is 4.38. The van der Waals surface area contributed by atoms with Crippen molar-refractivity contribution in [3.8, 4) is 11.5 Å². The van der Waals surface area contributed by atoms with Crippen molar-refractivity contribution in [3.05, 3.63) is 42.0 Å². The molecule has 0 fully saturated rings. The summed E-state index contributed by atoms with van der Waals surface area (Å²) in [5.74, 6) is 1.46. The molecule has 0 aliphatic heterocycles. The number of nitrogens with zero attached hydrogens (tertiary/aromatic N) is 2. The minimum Gasteiger partial charge on any atom is -0.490 e. The Hall–Kier alpha value is -2.01. The topological polar surface area (TPSA) is 62.3 Å². The van der Waals surface area contributed by atoms with Crippen molar-refractivity contribution in [3.63, 3.8) is 0 Å². The number of nitrogens with two attached hydrogens (primary N) is 1. The van der Waals surface area contributed by atoms with Gasteiger partial charge in [0.25, 0.3) is 0 Å². The molecular formula is C15H21N3O2. The largest absolute Gasteiger partial charge is 0.490 e. The Balaban J connectivity index is 2.12. The molecule has 5 nitrogen and oxygen atoms in total. The third-order valence-electron chi connectivity index (χ3n) is 3.06. The van der Waals surface area contributed by atoms with Gasteiger partial charge in [0.05, 0.1) is 24.8 Å². The van der Waals surface area contributed by atoms with Gasteiger partial charge in [0, 0.05) is 13.1 Å². The van der Waals surface area contributed by atoms with Crippen LogP contribution in [-0.4, -0.2) is 16.2 Å². The number of hydrogen-bond donors (Lipinski definition) is 1. The second-order valence-corrected chi connectivity index (χ2v) is 4.38. The highest BCUT2D eigenvalue weighted by molar-refractivity contribution is 5.43. The van der Waals surface area contributed by atoms with Crippen LogP contribution in [0.15, 0.2) is 30.7 Å². The summed E-state index contributed by atoms with van der Waals surface area (Å²) in [6.45, 7) is 6.46. The lowest BCUT2D eigenvalue weighted by atomic mass is 10.2. The van der Waals surface area contributed by atoms with Gasteiger partial charge in [0.15, 0.2) is 11.5 Å². The number of benzene rings is 1. The van der Waals surface area contributed by atoms with E-state index in [4.69, 9.17) is 15.2 Å². The zero-order chi connectivity index (χ0) is 14.4. The van der Waals surface area contributed by atoms with Gasteiger partial charge in [-0.25, -0.2) is 4.98 Å². The number of imidazole rings is 1. The Morgan fingerprint density at radius 2 is 2.05 bits per heavy atom. The molecule has 2 rings (SSSR count). The monoisotopic (exact) mass is 275 g/mol. The first-order chi connectivity index (χ1) is 9.78. The van der Waals surface area contributed by atoms with Crippen LogP contribution >= 0.6 is 0 Å². The first-order valence-corrected chi connectivity index (χ1v) is 6.86. The Morgan fingerprint density at radius 3 is 2.75 bits per heavy atom. The summed E-state index contributed by atoms with van der Waals surface area (Å²) in [6.07, 6.45) is 3.62. The standard InChI is InChI=1S/C15H21N3O2/c1-3-18-11-17-9-13(18)10-20-14-6-5-12(8-16)7-15(14)19-4-2/h5-7,9,11H,3-4,8,10,16H2,1-2H3. The van der Waals surface area contributed by atoms with Gasteiger partial charge in [0.2, 0.25) is 0 Å². The van der Waals surface area contributed by atoms with Gasteiger partial charge in [-0.05, 0) is 31.5 Å². The molecule has 0 saturated heterocycles. The normalized spacial score (nSPS) is 10.6. The molecule has 0 unspecified atom stereocenters. The molecule has 0 radical (unpaired) electrons. The molecule has 2 N–H and O–H groups in total. The van der Waals surface area contributed by atoms with Crippen LogP contribution in [-0.2, 0) is 19.7 Å². The first kappa shape index (κ1) is 14.4. The Labute approximate surface area is 119 Å². The summed E-state index contributed by atoms with van der Waals surface area (Å²) < 4.78 is 13.5. The molecule has 0 bridgehead atoms. The molecule has 108 valence electrons. The van der Waals surface area contributed by atoms with Crippen LogP contribution in [0.2, 0.25) is 0 Å². The molecule has 0 saturated carbocycles. The Bertz CT molecular complexity index is 552. The molecule has 1 aromatic heterocycles. The maximum absolute atomic E-state index is 5.85. The fraction of sp³-hybridized carbons (Fsp3) is 0.400. The zero-order valence-corrected chi connectivity index (χ0v) is 12.0. The van der Waals surface area contributed by atoms with Crippen molar-refractivity contribution in [1.82, 2.24) is 9.55 Å². The highest BCUT2D eigenvalue weighted by atomic mass is 16.5. The lowest BCUT2D eigenvalue weighted by Crippen LogP contribution is -2.05. The zero-order valence-electron chi connectivity index (χ0n) is 12.0. The van der Waals surface area contributed by atoms with E-state index >= 15 is 0 Å². The van der Waals surface area contributed by atoms with Crippen LogP contribution in [0.5, 0.6) is 11.5 Å². The number of aryl methyl sites for hydroxylation is 1. The van der Waals surface area contributed by atoms with Crippen LogP contribution in [0.1, 0.15) is 25.1 Å². The van der Waals surface area contributed by atoms with Crippen LogP contribution in [0.3, 0.4) is 0 Å². The molecule has 0 atom stereocenters.